The molecule has 0 radical (unpaired) electrons. The number of amides is 2. The van der Waals surface area contributed by atoms with E-state index in [0.717, 1.165) is 12.1 Å². The number of nitrogens with one attached hydrogen (secondary N) is 1. The first-order chi connectivity index (χ1) is 18.0. The van der Waals surface area contributed by atoms with Gasteiger partial charge in [0, 0.05) is 37.3 Å². The van der Waals surface area contributed by atoms with Crippen LogP contribution in [0.2, 0.25) is 5.02 Å². The second-order valence-corrected chi connectivity index (χ2v) is 9.92. The third kappa shape index (κ3) is 4.49. The molecule has 8 nitrogen and oxygen atoms in total. The van der Waals surface area contributed by atoms with Crippen LogP contribution in [0.4, 0.5) is 0 Å². The lowest BCUT2D eigenvalue weighted by atomic mass is 9.83. The van der Waals surface area contributed by atoms with E-state index >= 15 is 0 Å². The summed E-state index contributed by atoms with van der Waals surface area (Å²) in [6.07, 6.45) is 2.56. The number of fused-ring (bicyclic) bond motifs is 5. The van der Waals surface area contributed by atoms with E-state index in [-0.39, 0.29) is 41.4 Å². The summed E-state index contributed by atoms with van der Waals surface area (Å²) in [4.78, 5) is 41.2. The monoisotopic (exact) mass is 517 g/mol. The van der Waals surface area contributed by atoms with Gasteiger partial charge in [0.05, 0.1) is 10.6 Å². The van der Waals surface area contributed by atoms with Crippen molar-refractivity contribution < 1.29 is 19.1 Å². The highest BCUT2D eigenvalue weighted by Crippen LogP contribution is 2.36. The second kappa shape index (κ2) is 9.44. The number of carbonyl (C=O) groups is 2. The number of nitrogens with zero attached hydrogens (tertiary/aromatic N) is 2. The molecule has 1 N–H and O–H groups in total. The van der Waals surface area contributed by atoms with Crippen LogP contribution in [0.5, 0.6) is 11.5 Å². The van der Waals surface area contributed by atoms with Gasteiger partial charge in [-0.1, -0.05) is 35.9 Å². The Balaban J connectivity index is 1.32. The maximum absolute atomic E-state index is 13.9. The van der Waals surface area contributed by atoms with E-state index in [1.807, 2.05) is 10.6 Å². The zero-order valence-electron chi connectivity index (χ0n) is 19.9. The van der Waals surface area contributed by atoms with Gasteiger partial charge in [-0.2, -0.15) is 0 Å². The number of carbonyl (C=O) groups excluding carboxylic acids is 2. The highest BCUT2D eigenvalue weighted by molar-refractivity contribution is 6.34. The summed E-state index contributed by atoms with van der Waals surface area (Å²) in [7, 11) is 0. The summed E-state index contributed by atoms with van der Waals surface area (Å²) in [5.41, 5.74) is 2.03. The lowest BCUT2D eigenvalue weighted by Gasteiger charge is -2.43. The quantitative estimate of drug-likeness (QED) is 0.534. The van der Waals surface area contributed by atoms with Crippen molar-refractivity contribution in [1.82, 2.24) is 14.8 Å². The summed E-state index contributed by atoms with van der Waals surface area (Å²) in [6, 6.07) is 17.3. The van der Waals surface area contributed by atoms with Crippen LogP contribution in [-0.4, -0.2) is 41.2 Å². The predicted octanol–water partition coefficient (Wildman–Crippen LogP) is 3.65. The fourth-order valence-corrected chi connectivity index (χ4v) is 5.61. The zero-order valence-corrected chi connectivity index (χ0v) is 20.6. The van der Waals surface area contributed by atoms with Crippen molar-refractivity contribution in [1.29, 1.82) is 0 Å². The van der Waals surface area contributed by atoms with E-state index in [9.17, 15) is 14.4 Å². The smallest absolute Gasteiger partial charge is 0.270 e. The van der Waals surface area contributed by atoms with Crippen molar-refractivity contribution >= 4 is 29.5 Å². The van der Waals surface area contributed by atoms with E-state index in [1.165, 1.54) is 0 Å². The van der Waals surface area contributed by atoms with E-state index in [4.69, 9.17) is 21.1 Å². The van der Waals surface area contributed by atoms with Crippen molar-refractivity contribution in [2.24, 2.45) is 5.92 Å². The Kier molecular flexibility index (Phi) is 5.96. The number of halogens is 1. The molecule has 9 heteroatoms. The molecule has 2 bridgehead atoms. The first kappa shape index (κ1) is 23.4. The Bertz CT molecular complexity index is 1500. The van der Waals surface area contributed by atoms with Gasteiger partial charge in [0.15, 0.2) is 11.5 Å². The molecule has 1 fully saturated rings. The molecule has 188 valence electrons. The van der Waals surface area contributed by atoms with Crippen LogP contribution in [0.25, 0.3) is 6.08 Å². The Hall–Kier alpha value is -4.04. The molecule has 0 aliphatic carbocycles. The standard InChI is InChI=1S/C28H24ClN3O5/c29-21-5-2-1-4-20(21)27(34)30-22(11-17-8-9-24-25(12-17)37-16-36-24)28(35)31-13-18-10-19(15-31)23-6-3-7-26(33)32(23)14-18/h1-9,11-12,18-19H,10,13-16H2,(H,30,34)/b22-11-. The molecule has 37 heavy (non-hydrogen) atoms. The average Bonchev–Trinajstić information content (AvgIpc) is 3.37. The fourth-order valence-electron chi connectivity index (χ4n) is 5.39. The molecule has 1 saturated heterocycles. The normalized spacial score (nSPS) is 19.8. The summed E-state index contributed by atoms with van der Waals surface area (Å²) < 4.78 is 12.7. The third-order valence-corrected chi connectivity index (χ3v) is 7.40. The van der Waals surface area contributed by atoms with Crippen LogP contribution in [0.1, 0.15) is 34.0 Å². The van der Waals surface area contributed by atoms with Gasteiger partial charge in [0.25, 0.3) is 17.4 Å². The van der Waals surface area contributed by atoms with Crippen LogP contribution >= 0.6 is 11.6 Å². The first-order valence-electron chi connectivity index (χ1n) is 12.1. The molecular formula is C28H24ClN3O5. The topological polar surface area (TPSA) is 89.9 Å². The van der Waals surface area contributed by atoms with Crippen molar-refractivity contribution in [3.8, 4) is 11.5 Å². The van der Waals surface area contributed by atoms with E-state index in [0.29, 0.717) is 41.7 Å². The maximum Gasteiger partial charge on any atom is 0.270 e. The van der Waals surface area contributed by atoms with Gasteiger partial charge in [-0.3, -0.25) is 14.4 Å². The number of aromatic nitrogens is 1. The molecule has 2 atom stereocenters. The Labute approximate surface area is 218 Å². The van der Waals surface area contributed by atoms with Gasteiger partial charge in [-0.25, -0.2) is 0 Å². The van der Waals surface area contributed by atoms with E-state index in [2.05, 4.69) is 5.32 Å². The minimum atomic E-state index is -0.472. The summed E-state index contributed by atoms with van der Waals surface area (Å²) in [6.45, 7) is 1.66. The molecule has 6 rings (SSSR count). The summed E-state index contributed by atoms with van der Waals surface area (Å²) in [5, 5.41) is 3.10. The number of ether oxygens (including phenoxy) is 2. The molecule has 4 heterocycles. The van der Waals surface area contributed by atoms with Gasteiger partial charge >= 0.3 is 0 Å². The van der Waals surface area contributed by atoms with Crippen molar-refractivity contribution in [3.63, 3.8) is 0 Å². The number of likely N-dealkylation sites (tertiary alicyclic amines) is 1. The maximum atomic E-state index is 13.9. The number of pyridine rings is 1. The SMILES string of the molecule is O=C(N/C(=C\c1ccc2c(c1)OCO2)C(=O)N1CC2CC(C1)c1cccc(=O)n1C2)c1ccccc1Cl. The molecule has 2 aromatic carbocycles. The molecule has 3 aliphatic rings. The van der Waals surface area contributed by atoms with Crippen LogP contribution in [0.3, 0.4) is 0 Å². The highest BCUT2D eigenvalue weighted by atomic mass is 35.5. The average molecular weight is 518 g/mol. The summed E-state index contributed by atoms with van der Waals surface area (Å²) >= 11 is 6.25. The second-order valence-electron chi connectivity index (χ2n) is 9.51. The van der Waals surface area contributed by atoms with Gasteiger partial charge in [0.1, 0.15) is 5.70 Å². The van der Waals surface area contributed by atoms with Gasteiger partial charge in [-0.15, -0.1) is 0 Å². The fraction of sp³-hybridized carbons (Fsp3) is 0.250. The number of hydrogen-bond acceptors (Lipinski definition) is 5. The van der Waals surface area contributed by atoms with Crippen molar-refractivity contribution in [2.75, 3.05) is 19.9 Å². The van der Waals surface area contributed by atoms with Crippen LogP contribution in [0, 0.1) is 5.92 Å². The lowest BCUT2D eigenvalue weighted by Crippen LogP contribution is -2.50. The molecule has 1 aromatic heterocycles. The highest BCUT2D eigenvalue weighted by Gasteiger charge is 2.37. The molecular weight excluding hydrogens is 494 g/mol. The van der Waals surface area contributed by atoms with E-state index in [1.54, 1.807) is 65.6 Å². The predicted molar refractivity (Wildman–Crippen MR) is 138 cm³/mol. The minimum Gasteiger partial charge on any atom is -0.454 e. The largest absolute Gasteiger partial charge is 0.454 e. The molecule has 0 spiro atoms. The molecule has 3 aliphatic heterocycles. The number of hydrogen-bond donors (Lipinski definition) is 1. The first-order valence-corrected chi connectivity index (χ1v) is 12.5. The van der Waals surface area contributed by atoms with Gasteiger partial charge in [-0.05, 0) is 54.3 Å². The molecule has 2 unspecified atom stereocenters. The Morgan fingerprint density at radius 3 is 2.68 bits per heavy atom. The van der Waals surface area contributed by atoms with Crippen molar-refractivity contribution in [2.45, 2.75) is 18.9 Å². The number of piperidine rings is 1. The molecule has 3 aromatic rings. The number of rotatable bonds is 4. The van der Waals surface area contributed by atoms with Crippen molar-refractivity contribution in [3.05, 3.63) is 98.6 Å². The number of benzene rings is 2. The van der Waals surface area contributed by atoms with E-state index < -0.39 is 5.91 Å². The Morgan fingerprint density at radius 1 is 0.973 bits per heavy atom. The molecule has 2 amide bonds. The summed E-state index contributed by atoms with van der Waals surface area (Å²) in [5.74, 6) is 0.646. The van der Waals surface area contributed by atoms with Crippen LogP contribution in [0.15, 0.2) is 71.2 Å². The van der Waals surface area contributed by atoms with Crippen LogP contribution < -0.4 is 20.3 Å². The zero-order chi connectivity index (χ0) is 25.5. The Morgan fingerprint density at radius 2 is 1.81 bits per heavy atom. The minimum absolute atomic E-state index is 0.0117. The van der Waals surface area contributed by atoms with Gasteiger partial charge in [0.2, 0.25) is 6.79 Å². The van der Waals surface area contributed by atoms with Crippen LogP contribution in [-0.2, 0) is 11.3 Å². The lowest BCUT2D eigenvalue weighted by molar-refractivity contribution is -0.130. The van der Waals surface area contributed by atoms with Gasteiger partial charge < -0.3 is 24.3 Å². The molecule has 0 saturated carbocycles. The third-order valence-electron chi connectivity index (χ3n) is 7.07.